The Morgan fingerprint density at radius 3 is 3.18 bits per heavy atom. The summed E-state index contributed by atoms with van der Waals surface area (Å²) in [7, 11) is 3.72. The Kier molecular flexibility index (Phi) is 4.06. The zero-order valence-corrected chi connectivity index (χ0v) is 11.0. The van der Waals surface area contributed by atoms with Gasteiger partial charge in [0.1, 0.15) is 0 Å². The van der Waals surface area contributed by atoms with Crippen molar-refractivity contribution in [3.63, 3.8) is 0 Å². The Bertz CT molecular complexity index is 387. The van der Waals surface area contributed by atoms with Crippen molar-refractivity contribution >= 4 is 17.7 Å². The van der Waals surface area contributed by atoms with Gasteiger partial charge in [-0.25, -0.2) is 0 Å². The number of likely N-dealkylation sites (N-methyl/N-ethyl adjacent to an activating group) is 1. The van der Waals surface area contributed by atoms with Crippen molar-refractivity contribution in [2.75, 3.05) is 25.1 Å². The first-order valence-corrected chi connectivity index (χ1v) is 6.86. The number of aryl methyl sites for hydroxylation is 1. The van der Waals surface area contributed by atoms with Gasteiger partial charge in [-0.3, -0.25) is 9.48 Å². The van der Waals surface area contributed by atoms with Gasteiger partial charge in [-0.2, -0.15) is 16.9 Å². The molecule has 2 heterocycles. The number of amides is 1. The van der Waals surface area contributed by atoms with Crippen molar-refractivity contribution in [2.24, 2.45) is 7.05 Å². The van der Waals surface area contributed by atoms with Crippen LogP contribution in [0.1, 0.15) is 5.56 Å². The van der Waals surface area contributed by atoms with Gasteiger partial charge in [-0.1, -0.05) is 0 Å². The van der Waals surface area contributed by atoms with Crippen LogP contribution in [0.2, 0.25) is 0 Å². The SMILES string of the molecule is CN(Cc1cnn(C)c1)C(=O)C1CSCCN1. The van der Waals surface area contributed by atoms with E-state index in [1.54, 1.807) is 15.8 Å². The van der Waals surface area contributed by atoms with Crippen molar-refractivity contribution in [1.29, 1.82) is 0 Å². The topological polar surface area (TPSA) is 50.2 Å². The molecule has 0 bridgehead atoms. The molecule has 0 aromatic carbocycles. The maximum atomic E-state index is 12.1. The van der Waals surface area contributed by atoms with Crippen LogP contribution < -0.4 is 5.32 Å². The van der Waals surface area contributed by atoms with E-state index in [1.807, 2.05) is 32.1 Å². The number of hydrogen-bond acceptors (Lipinski definition) is 4. The lowest BCUT2D eigenvalue weighted by Gasteiger charge is -2.26. The first kappa shape index (κ1) is 12.4. The average Bonchev–Trinajstić information content (AvgIpc) is 2.75. The number of thioether (sulfide) groups is 1. The van der Waals surface area contributed by atoms with Gasteiger partial charge in [0, 0.05) is 50.5 Å². The molecule has 1 aliphatic heterocycles. The van der Waals surface area contributed by atoms with E-state index in [0.717, 1.165) is 23.6 Å². The molecule has 1 aromatic rings. The highest BCUT2D eigenvalue weighted by Crippen LogP contribution is 2.11. The number of rotatable bonds is 3. The fourth-order valence-corrected chi connectivity index (χ4v) is 2.82. The molecule has 2 rings (SSSR count). The van der Waals surface area contributed by atoms with E-state index in [-0.39, 0.29) is 11.9 Å². The second-order valence-electron chi connectivity index (χ2n) is 4.30. The molecule has 6 heteroatoms. The van der Waals surface area contributed by atoms with Gasteiger partial charge in [0.15, 0.2) is 0 Å². The van der Waals surface area contributed by atoms with E-state index in [9.17, 15) is 4.79 Å². The van der Waals surface area contributed by atoms with Crippen LogP contribution in [-0.4, -0.2) is 51.7 Å². The highest BCUT2D eigenvalue weighted by molar-refractivity contribution is 7.99. The molecule has 0 aliphatic carbocycles. The van der Waals surface area contributed by atoms with Crippen LogP contribution in [0.3, 0.4) is 0 Å². The minimum Gasteiger partial charge on any atom is -0.340 e. The molecule has 0 saturated carbocycles. The van der Waals surface area contributed by atoms with E-state index < -0.39 is 0 Å². The molecule has 94 valence electrons. The molecule has 1 unspecified atom stereocenters. The largest absolute Gasteiger partial charge is 0.340 e. The third-order valence-electron chi connectivity index (χ3n) is 2.77. The molecule has 0 radical (unpaired) electrons. The first-order chi connectivity index (χ1) is 8.16. The normalized spacial score (nSPS) is 20.2. The zero-order chi connectivity index (χ0) is 12.3. The molecule has 1 amide bonds. The van der Waals surface area contributed by atoms with Crippen molar-refractivity contribution in [1.82, 2.24) is 20.0 Å². The molecule has 5 nitrogen and oxygen atoms in total. The van der Waals surface area contributed by atoms with Crippen molar-refractivity contribution in [3.8, 4) is 0 Å². The van der Waals surface area contributed by atoms with Crippen LogP contribution in [0.15, 0.2) is 12.4 Å². The molecule has 0 spiro atoms. The van der Waals surface area contributed by atoms with Crippen molar-refractivity contribution in [2.45, 2.75) is 12.6 Å². The van der Waals surface area contributed by atoms with Gasteiger partial charge >= 0.3 is 0 Å². The Balaban J connectivity index is 1.90. The quantitative estimate of drug-likeness (QED) is 0.830. The minimum atomic E-state index is -0.0320. The molecule has 1 aliphatic rings. The smallest absolute Gasteiger partial charge is 0.240 e. The Labute approximate surface area is 106 Å². The van der Waals surface area contributed by atoms with Crippen molar-refractivity contribution in [3.05, 3.63) is 18.0 Å². The van der Waals surface area contributed by atoms with Crippen LogP contribution in [0.5, 0.6) is 0 Å². The lowest BCUT2D eigenvalue weighted by Crippen LogP contribution is -2.49. The summed E-state index contributed by atoms with van der Waals surface area (Å²) in [6.45, 7) is 1.54. The number of nitrogens with zero attached hydrogens (tertiary/aromatic N) is 3. The summed E-state index contributed by atoms with van der Waals surface area (Å²) >= 11 is 1.83. The summed E-state index contributed by atoms with van der Waals surface area (Å²) in [4.78, 5) is 13.9. The van der Waals surface area contributed by atoms with E-state index in [1.165, 1.54) is 0 Å². The summed E-state index contributed by atoms with van der Waals surface area (Å²) in [6, 6.07) is -0.0320. The Morgan fingerprint density at radius 1 is 1.76 bits per heavy atom. The molecule has 1 fully saturated rings. The van der Waals surface area contributed by atoms with Crippen molar-refractivity contribution < 1.29 is 4.79 Å². The molecule has 1 atom stereocenters. The van der Waals surface area contributed by atoms with Gasteiger partial charge < -0.3 is 10.2 Å². The van der Waals surface area contributed by atoms with Crippen LogP contribution >= 0.6 is 11.8 Å². The fraction of sp³-hybridized carbons (Fsp3) is 0.636. The summed E-state index contributed by atoms with van der Waals surface area (Å²) in [5.74, 6) is 2.13. The zero-order valence-electron chi connectivity index (χ0n) is 10.2. The van der Waals surface area contributed by atoms with E-state index in [0.29, 0.717) is 6.54 Å². The Morgan fingerprint density at radius 2 is 2.59 bits per heavy atom. The molecule has 1 aromatic heterocycles. The maximum absolute atomic E-state index is 12.1. The number of carbonyl (C=O) groups excluding carboxylic acids is 1. The number of aromatic nitrogens is 2. The second kappa shape index (κ2) is 5.55. The van der Waals surface area contributed by atoms with E-state index in [2.05, 4.69) is 10.4 Å². The van der Waals surface area contributed by atoms with Gasteiger partial charge in [-0.15, -0.1) is 0 Å². The summed E-state index contributed by atoms with van der Waals surface area (Å²) < 4.78 is 1.75. The monoisotopic (exact) mass is 254 g/mol. The summed E-state index contributed by atoms with van der Waals surface area (Å²) in [6.07, 6.45) is 3.74. The standard InChI is InChI=1S/C11H18N4OS/c1-14(6-9-5-13-15(2)7-9)11(16)10-8-17-4-3-12-10/h5,7,10,12H,3-4,6,8H2,1-2H3. The first-order valence-electron chi connectivity index (χ1n) is 5.70. The highest BCUT2D eigenvalue weighted by Gasteiger charge is 2.23. The third kappa shape index (κ3) is 3.23. The number of hydrogen-bond donors (Lipinski definition) is 1. The molecular weight excluding hydrogens is 236 g/mol. The summed E-state index contributed by atoms with van der Waals surface area (Å²) in [5, 5.41) is 7.36. The van der Waals surface area contributed by atoms with Crippen LogP contribution in [0.4, 0.5) is 0 Å². The molecular formula is C11H18N4OS. The number of carbonyl (C=O) groups is 1. The fourth-order valence-electron chi connectivity index (χ4n) is 1.90. The van der Waals surface area contributed by atoms with E-state index in [4.69, 9.17) is 0 Å². The highest BCUT2D eigenvalue weighted by atomic mass is 32.2. The predicted molar refractivity (Wildman–Crippen MR) is 68.8 cm³/mol. The molecule has 1 saturated heterocycles. The predicted octanol–water partition coefficient (Wildman–Crippen LogP) is 0.0835. The number of nitrogens with one attached hydrogen (secondary N) is 1. The van der Waals surface area contributed by atoms with Gasteiger partial charge in [0.2, 0.25) is 5.91 Å². The molecule has 17 heavy (non-hydrogen) atoms. The average molecular weight is 254 g/mol. The van der Waals surface area contributed by atoms with Gasteiger partial charge in [0.05, 0.1) is 12.2 Å². The maximum Gasteiger partial charge on any atom is 0.240 e. The lowest BCUT2D eigenvalue weighted by atomic mass is 10.2. The van der Waals surface area contributed by atoms with Crippen LogP contribution in [0, 0.1) is 0 Å². The lowest BCUT2D eigenvalue weighted by molar-refractivity contribution is -0.132. The second-order valence-corrected chi connectivity index (χ2v) is 5.45. The van der Waals surface area contributed by atoms with E-state index >= 15 is 0 Å². The minimum absolute atomic E-state index is 0.0320. The molecule has 1 N–H and O–H groups in total. The van der Waals surface area contributed by atoms with Gasteiger partial charge in [0.25, 0.3) is 0 Å². The Hall–Kier alpha value is -1.01. The van der Waals surface area contributed by atoms with Crippen LogP contribution in [-0.2, 0) is 18.4 Å². The van der Waals surface area contributed by atoms with Gasteiger partial charge in [-0.05, 0) is 0 Å². The van der Waals surface area contributed by atoms with Crippen LogP contribution in [0.25, 0.3) is 0 Å². The third-order valence-corrected chi connectivity index (χ3v) is 3.84. The summed E-state index contributed by atoms with van der Waals surface area (Å²) in [5.41, 5.74) is 1.06.